The third-order valence-electron chi connectivity index (χ3n) is 7.83. The largest absolute Gasteiger partial charge is 0.444 e. The number of benzene rings is 2. The van der Waals surface area contributed by atoms with E-state index in [4.69, 9.17) is 9.47 Å². The Labute approximate surface area is 257 Å². The maximum Gasteiger partial charge on any atom is 0.408 e. The molecule has 0 radical (unpaired) electrons. The lowest BCUT2D eigenvalue weighted by Gasteiger charge is -2.46. The summed E-state index contributed by atoms with van der Waals surface area (Å²) in [7, 11) is 0. The molecule has 1 spiro atoms. The Morgan fingerprint density at radius 1 is 0.930 bits per heavy atom. The minimum Gasteiger partial charge on any atom is -0.444 e. The summed E-state index contributed by atoms with van der Waals surface area (Å²) in [4.78, 5) is 41.4. The van der Waals surface area contributed by atoms with Crippen LogP contribution < -0.4 is 16.0 Å². The molecular weight excluding hydrogens is 544 g/mol. The van der Waals surface area contributed by atoms with Crippen molar-refractivity contribution in [3.05, 3.63) is 65.7 Å². The number of carbonyl (C=O) groups excluding carboxylic acids is 3. The molecular formula is C34H50N4O5. The van der Waals surface area contributed by atoms with Gasteiger partial charge < -0.3 is 30.3 Å². The molecule has 0 aliphatic carbocycles. The lowest BCUT2D eigenvalue weighted by molar-refractivity contribution is -0.141. The van der Waals surface area contributed by atoms with E-state index in [1.54, 1.807) is 34.6 Å². The molecule has 2 aromatic carbocycles. The highest BCUT2D eigenvalue weighted by atomic mass is 16.6. The van der Waals surface area contributed by atoms with E-state index in [9.17, 15) is 14.4 Å². The van der Waals surface area contributed by atoms with Gasteiger partial charge in [0.1, 0.15) is 17.2 Å². The number of hydrogen-bond donors (Lipinski definition) is 3. The second-order valence-electron chi connectivity index (χ2n) is 12.6. The lowest BCUT2D eigenvalue weighted by atomic mass is 9.68. The van der Waals surface area contributed by atoms with Crippen molar-refractivity contribution in [1.82, 2.24) is 15.5 Å². The topological polar surface area (TPSA) is 109 Å². The van der Waals surface area contributed by atoms with E-state index in [0.717, 1.165) is 31.4 Å². The van der Waals surface area contributed by atoms with E-state index in [-0.39, 0.29) is 17.9 Å². The molecule has 0 aromatic heterocycles. The van der Waals surface area contributed by atoms with Crippen molar-refractivity contribution in [2.45, 2.75) is 96.9 Å². The van der Waals surface area contributed by atoms with Crippen molar-refractivity contribution in [3.8, 4) is 0 Å². The minimum absolute atomic E-state index is 0.0103. The van der Waals surface area contributed by atoms with Crippen molar-refractivity contribution >= 4 is 23.6 Å². The highest BCUT2D eigenvalue weighted by Crippen LogP contribution is 2.44. The highest BCUT2D eigenvalue weighted by molar-refractivity contribution is 5.93. The molecule has 0 saturated carbocycles. The maximum atomic E-state index is 13.8. The molecule has 2 aliphatic rings. The predicted octanol–water partition coefficient (Wildman–Crippen LogP) is 5.39. The van der Waals surface area contributed by atoms with Gasteiger partial charge in [0.05, 0.1) is 13.2 Å². The van der Waals surface area contributed by atoms with Crippen LogP contribution in [0.1, 0.15) is 78.9 Å². The summed E-state index contributed by atoms with van der Waals surface area (Å²) in [5, 5.41) is 8.98. The number of amides is 3. The number of para-hydroxylation sites is 1. The van der Waals surface area contributed by atoms with E-state index in [0.29, 0.717) is 19.7 Å². The number of nitrogens with zero attached hydrogens (tertiary/aromatic N) is 1. The van der Waals surface area contributed by atoms with Gasteiger partial charge in [0.25, 0.3) is 0 Å². The molecule has 1 fully saturated rings. The summed E-state index contributed by atoms with van der Waals surface area (Å²) >= 11 is 0. The van der Waals surface area contributed by atoms with Crippen LogP contribution in [0.2, 0.25) is 0 Å². The molecule has 9 nitrogen and oxygen atoms in total. The molecule has 3 amide bonds. The fourth-order valence-corrected chi connectivity index (χ4v) is 5.56. The Bertz CT molecular complexity index is 1220. The van der Waals surface area contributed by atoms with Crippen molar-refractivity contribution in [1.29, 1.82) is 0 Å². The lowest BCUT2D eigenvalue weighted by Crippen LogP contribution is -2.61. The number of fused-ring (bicyclic) bond motifs is 2. The Morgan fingerprint density at radius 3 is 2.21 bits per heavy atom. The van der Waals surface area contributed by atoms with E-state index in [2.05, 4.69) is 34.1 Å². The van der Waals surface area contributed by atoms with Gasteiger partial charge in [-0.25, -0.2) is 4.79 Å². The normalized spacial score (nSPS) is 16.5. The number of carbonyl (C=O) groups is 3. The number of alkyl carbamates (subject to hydrolysis) is 1. The number of likely N-dealkylation sites (tertiary alicyclic amines) is 1. The van der Waals surface area contributed by atoms with Crippen molar-refractivity contribution < 1.29 is 23.9 Å². The van der Waals surface area contributed by atoms with Crippen LogP contribution in [0.4, 0.5) is 10.5 Å². The van der Waals surface area contributed by atoms with Crippen LogP contribution in [0.15, 0.2) is 54.6 Å². The summed E-state index contributed by atoms with van der Waals surface area (Å²) in [6.07, 6.45) is 2.03. The summed E-state index contributed by atoms with van der Waals surface area (Å²) in [5.74, 6) is -0.678. The molecule has 4 rings (SSSR count). The maximum absolute atomic E-state index is 13.8. The Hall–Kier alpha value is -3.59. The third kappa shape index (κ3) is 9.20. The van der Waals surface area contributed by atoms with Gasteiger partial charge in [0, 0.05) is 30.7 Å². The smallest absolute Gasteiger partial charge is 0.408 e. The van der Waals surface area contributed by atoms with Crippen molar-refractivity contribution in [2.24, 2.45) is 0 Å². The first-order chi connectivity index (χ1) is 20.4. The Balaban J connectivity index is 0.00000248. The number of hydrogen-bond acceptors (Lipinski definition) is 6. The molecule has 1 saturated heterocycles. The van der Waals surface area contributed by atoms with Crippen molar-refractivity contribution in [3.63, 3.8) is 0 Å². The van der Waals surface area contributed by atoms with Gasteiger partial charge in [0.2, 0.25) is 11.8 Å². The quantitative estimate of drug-likeness (QED) is 0.378. The second-order valence-corrected chi connectivity index (χ2v) is 12.6. The fourth-order valence-electron chi connectivity index (χ4n) is 5.56. The summed E-state index contributed by atoms with van der Waals surface area (Å²) in [5.41, 5.74) is 1.50. The molecule has 1 unspecified atom stereocenters. The van der Waals surface area contributed by atoms with Gasteiger partial charge >= 0.3 is 6.09 Å². The number of nitrogens with one attached hydrogen (secondary N) is 3. The van der Waals surface area contributed by atoms with Gasteiger partial charge in [-0.1, -0.05) is 62.4 Å². The van der Waals surface area contributed by atoms with Gasteiger partial charge in [-0.05, 0) is 71.1 Å². The van der Waals surface area contributed by atoms with Crippen LogP contribution in [0.25, 0.3) is 0 Å². The zero-order chi connectivity index (χ0) is 31.7. The number of rotatable bonds is 8. The first kappa shape index (κ1) is 33.9. The number of anilines is 1. The Morgan fingerprint density at radius 2 is 1.56 bits per heavy atom. The number of ether oxygens (including phenoxy) is 2. The molecule has 3 N–H and O–H groups in total. The molecule has 236 valence electrons. The molecule has 1 atom stereocenters. The average Bonchev–Trinajstić information content (AvgIpc) is 2.97. The molecule has 2 aromatic rings. The zero-order valence-corrected chi connectivity index (χ0v) is 26.9. The van der Waals surface area contributed by atoms with E-state index in [1.807, 2.05) is 55.1 Å². The fraction of sp³-hybridized carbons (Fsp3) is 0.559. The van der Waals surface area contributed by atoms with E-state index >= 15 is 0 Å². The molecule has 9 heteroatoms. The van der Waals surface area contributed by atoms with Crippen LogP contribution in [-0.4, -0.2) is 66.2 Å². The molecule has 0 bridgehead atoms. The first-order valence-electron chi connectivity index (χ1n) is 15.4. The van der Waals surface area contributed by atoms with Crippen LogP contribution in [0.5, 0.6) is 0 Å². The number of piperidine rings is 1. The standard InChI is InChI=1S/C32H44N4O5.C2H6/c1-30(2,3)41-29(39)35-31(4,5)28(38)34-26(22-40-21-23-11-7-6-8-12-23)27(37)36-19-16-32(17-20-36)15-18-33-25-14-10-9-13-24(25)32;1-2/h6-14,26,33H,15-22H2,1-5H3,(H,34,38)(H,35,39);1-2H3. The van der Waals surface area contributed by atoms with Gasteiger partial charge in [-0.15, -0.1) is 0 Å². The van der Waals surface area contributed by atoms with Crippen LogP contribution >= 0.6 is 0 Å². The zero-order valence-electron chi connectivity index (χ0n) is 26.9. The van der Waals surface area contributed by atoms with Gasteiger partial charge in [-0.2, -0.15) is 0 Å². The highest BCUT2D eigenvalue weighted by Gasteiger charge is 2.42. The molecule has 2 aliphatic heterocycles. The third-order valence-corrected chi connectivity index (χ3v) is 7.83. The SMILES string of the molecule is CC.CC(C)(C)OC(=O)NC(C)(C)C(=O)NC(COCc1ccccc1)C(=O)N1CCC2(CCNc3ccccc32)CC1. The second kappa shape index (κ2) is 14.7. The van der Waals surface area contributed by atoms with Crippen LogP contribution in [0, 0.1) is 0 Å². The van der Waals surface area contributed by atoms with Crippen LogP contribution in [-0.2, 0) is 31.1 Å². The van der Waals surface area contributed by atoms with Gasteiger partial charge in [0.15, 0.2) is 0 Å². The average molecular weight is 595 g/mol. The summed E-state index contributed by atoms with van der Waals surface area (Å²) in [6, 6.07) is 17.2. The Kier molecular flexibility index (Phi) is 11.6. The predicted molar refractivity (Wildman–Crippen MR) is 170 cm³/mol. The molecule has 2 heterocycles. The van der Waals surface area contributed by atoms with E-state index in [1.165, 1.54) is 11.3 Å². The summed E-state index contributed by atoms with van der Waals surface area (Å²) in [6.45, 7) is 14.8. The van der Waals surface area contributed by atoms with E-state index < -0.39 is 29.2 Å². The monoisotopic (exact) mass is 594 g/mol. The minimum atomic E-state index is -1.31. The molecule has 43 heavy (non-hydrogen) atoms. The van der Waals surface area contributed by atoms with Gasteiger partial charge in [-0.3, -0.25) is 9.59 Å². The van der Waals surface area contributed by atoms with Crippen molar-refractivity contribution in [2.75, 3.05) is 31.6 Å². The van der Waals surface area contributed by atoms with Crippen LogP contribution in [0.3, 0.4) is 0 Å². The first-order valence-corrected chi connectivity index (χ1v) is 15.4. The summed E-state index contributed by atoms with van der Waals surface area (Å²) < 4.78 is 11.3.